The Labute approximate surface area is 98.2 Å². The first kappa shape index (κ1) is 13.0. The predicted molar refractivity (Wildman–Crippen MR) is 59.7 cm³/mol. The van der Waals surface area contributed by atoms with Gasteiger partial charge >= 0.3 is 5.97 Å². The normalized spacial score (nSPS) is 11.8. The third-order valence-corrected chi connectivity index (χ3v) is 2.04. The molecule has 0 aliphatic carbocycles. The van der Waals surface area contributed by atoms with Crippen LogP contribution in [0.2, 0.25) is 0 Å². The summed E-state index contributed by atoms with van der Waals surface area (Å²) in [6, 6.07) is 5.15. The summed E-state index contributed by atoms with van der Waals surface area (Å²) < 4.78 is 4.88. The van der Waals surface area contributed by atoms with Gasteiger partial charge in [0.05, 0.1) is 6.42 Å². The first-order chi connectivity index (χ1) is 7.99. The summed E-state index contributed by atoms with van der Waals surface area (Å²) in [6.07, 6.45) is -0.242. The standard InChI is InChI=1S/C11H14N2O4/c12-9(5-10(13)15)11(16)17-6-7-1-3-8(14)4-2-7/h1-4,9,14H,5-6,12H2,(H2,13,15)/t9-/m0/s1. The first-order valence-electron chi connectivity index (χ1n) is 4.97. The fraction of sp³-hybridized carbons (Fsp3) is 0.273. The van der Waals surface area contributed by atoms with Crippen molar-refractivity contribution in [3.63, 3.8) is 0 Å². The van der Waals surface area contributed by atoms with Crippen molar-refractivity contribution in [2.24, 2.45) is 11.5 Å². The molecule has 0 heterocycles. The average molecular weight is 238 g/mol. The van der Waals surface area contributed by atoms with Crippen LogP contribution in [0.4, 0.5) is 0 Å². The average Bonchev–Trinajstić information content (AvgIpc) is 2.27. The molecule has 0 aliphatic heterocycles. The molecule has 0 unspecified atom stereocenters. The molecule has 5 N–H and O–H groups in total. The van der Waals surface area contributed by atoms with Crippen LogP contribution in [0.15, 0.2) is 24.3 Å². The van der Waals surface area contributed by atoms with Gasteiger partial charge < -0.3 is 21.3 Å². The molecule has 1 amide bonds. The van der Waals surface area contributed by atoms with Gasteiger partial charge in [-0.15, -0.1) is 0 Å². The predicted octanol–water partition coefficient (Wildman–Crippen LogP) is -0.362. The van der Waals surface area contributed by atoms with Crippen LogP contribution in [-0.4, -0.2) is 23.0 Å². The maximum atomic E-state index is 11.3. The lowest BCUT2D eigenvalue weighted by Gasteiger charge is -2.09. The molecule has 92 valence electrons. The summed E-state index contributed by atoms with van der Waals surface area (Å²) in [4.78, 5) is 21.8. The molecule has 1 aromatic carbocycles. The van der Waals surface area contributed by atoms with Gasteiger partial charge in [0, 0.05) is 0 Å². The van der Waals surface area contributed by atoms with Crippen LogP contribution < -0.4 is 11.5 Å². The molecule has 6 nitrogen and oxygen atoms in total. The van der Waals surface area contributed by atoms with E-state index in [1.54, 1.807) is 12.1 Å². The van der Waals surface area contributed by atoms with Crippen molar-refractivity contribution in [3.05, 3.63) is 29.8 Å². The number of hydrogen-bond donors (Lipinski definition) is 3. The number of carbonyl (C=O) groups excluding carboxylic acids is 2. The third kappa shape index (κ3) is 4.52. The largest absolute Gasteiger partial charge is 0.508 e. The fourth-order valence-corrected chi connectivity index (χ4v) is 1.15. The Bertz CT molecular complexity index is 402. The second-order valence-electron chi connectivity index (χ2n) is 3.55. The molecule has 0 radical (unpaired) electrons. The zero-order valence-corrected chi connectivity index (χ0v) is 9.13. The Hall–Kier alpha value is -2.08. The van der Waals surface area contributed by atoms with Crippen molar-refractivity contribution in [3.8, 4) is 5.75 Å². The van der Waals surface area contributed by atoms with Crippen molar-refractivity contribution in [2.45, 2.75) is 19.1 Å². The van der Waals surface area contributed by atoms with Crippen LogP contribution in [-0.2, 0) is 20.9 Å². The SMILES string of the molecule is NC(=O)C[C@H](N)C(=O)OCc1ccc(O)cc1. The molecule has 0 aromatic heterocycles. The minimum atomic E-state index is -1.04. The Balaban J connectivity index is 2.42. The van der Waals surface area contributed by atoms with E-state index in [4.69, 9.17) is 21.3 Å². The van der Waals surface area contributed by atoms with Crippen LogP contribution in [0.25, 0.3) is 0 Å². The second kappa shape index (κ2) is 5.86. The number of hydrogen-bond acceptors (Lipinski definition) is 5. The summed E-state index contributed by atoms with van der Waals surface area (Å²) >= 11 is 0. The molecular weight excluding hydrogens is 224 g/mol. The number of aromatic hydroxyl groups is 1. The number of primary amides is 1. The van der Waals surface area contributed by atoms with Crippen LogP contribution in [0.3, 0.4) is 0 Å². The molecule has 0 spiro atoms. The van der Waals surface area contributed by atoms with Gasteiger partial charge in [-0.05, 0) is 17.7 Å². The maximum Gasteiger partial charge on any atom is 0.323 e. The van der Waals surface area contributed by atoms with E-state index in [-0.39, 0.29) is 18.8 Å². The van der Waals surface area contributed by atoms with Crippen LogP contribution in [0.5, 0.6) is 5.75 Å². The van der Waals surface area contributed by atoms with E-state index in [9.17, 15) is 9.59 Å². The van der Waals surface area contributed by atoms with Gasteiger partial charge in [0.25, 0.3) is 0 Å². The number of esters is 1. The molecule has 0 bridgehead atoms. The monoisotopic (exact) mass is 238 g/mol. The number of amides is 1. The highest BCUT2D eigenvalue weighted by molar-refractivity contribution is 5.84. The second-order valence-corrected chi connectivity index (χ2v) is 3.55. The van der Waals surface area contributed by atoms with E-state index in [0.717, 1.165) is 0 Å². The lowest BCUT2D eigenvalue weighted by molar-refractivity contribution is -0.147. The molecule has 0 saturated carbocycles. The van der Waals surface area contributed by atoms with E-state index >= 15 is 0 Å². The number of phenols is 1. The summed E-state index contributed by atoms with van der Waals surface area (Å²) in [6.45, 7) is 0.0333. The van der Waals surface area contributed by atoms with Crippen LogP contribution in [0.1, 0.15) is 12.0 Å². The van der Waals surface area contributed by atoms with Crippen LogP contribution in [0, 0.1) is 0 Å². The number of benzene rings is 1. The van der Waals surface area contributed by atoms with E-state index in [0.29, 0.717) is 5.56 Å². The smallest absolute Gasteiger partial charge is 0.323 e. The number of ether oxygens (including phenoxy) is 1. The molecule has 0 aliphatic rings. The highest BCUT2D eigenvalue weighted by Crippen LogP contribution is 2.10. The van der Waals surface area contributed by atoms with E-state index in [1.165, 1.54) is 12.1 Å². The summed E-state index contributed by atoms with van der Waals surface area (Å²) in [7, 11) is 0. The summed E-state index contributed by atoms with van der Waals surface area (Å²) in [5, 5.41) is 9.04. The minimum Gasteiger partial charge on any atom is -0.508 e. The van der Waals surface area contributed by atoms with Gasteiger partial charge in [0.1, 0.15) is 18.4 Å². The third-order valence-electron chi connectivity index (χ3n) is 2.04. The Kier molecular flexibility index (Phi) is 4.47. The Morgan fingerprint density at radius 2 is 1.88 bits per heavy atom. The van der Waals surface area contributed by atoms with Crippen molar-refractivity contribution >= 4 is 11.9 Å². The van der Waals surface area contributed by atoms with Crippen molar-refractivity contribution in [1.82, 2.24) is 0 Å². The van der Waals surface area contributed by atoms with Gasteiger partial charge in [-0.25, -0.2) is 0 Å². The van der Waals surface area contributed by atoms with E-state index in [1.807, 2.05) is 0 Å². The van der Waals surface area contributed by atoms with Gasteiger partial charge in [-0.1, -0.05) is 12.1 Å². The molecule has 17 heavy (non-hydrogen) atoms. The molecule has 0 saturated heterocycles. The van der Waals surface area contributed by atoms with Gasteiger partial charge in [0.15, 0.2) is 0 Å². The Morgan fingerprint density at radius 3 is 2.41 bits per heavy atom. The Morgan fingerprint density at radius 1 is 1.29 bits per heavy atom. The minimum absolute atomic E-state index is 0.0333. The zero-order valence-electron chi connectivity index (χ0n) is 9.13. The lowest BCUT2D eigenvalue weighted by Crippen LogP contribution is -2.36. The molecule has 0 fully saturated rings. The molecule has 1 atom stereocenters. The highest BCUT2D eigenvalue weighted by Gasteiger charge is 2.17. The van der Waals surface area contributed by atoms with E-state index < -0.39 is 17.9 Å². The summed E-state index contributed by atoms with van der Waals surface area (Å²) in [5.74, 6) is -1.21. The topological polar surface area (TPSA) is 116 Å². The maximum absolute atomic E-state index is 11.3. The zero-order chi connectivity index (χ0) is 12.8. The molecule has 1 rings (SSSR count). The van der Waals surface area contributed by atoms with Crippen molar-refractivity contribution in [1.29, 1.82) is 0 Å². The highest BCUT2D eigenvalue weighted by atomic mass is 16.5. The number of rotatable bonds is 5. The van der Waals surface area contributed by atoms with Gasteiger partial charge in [-0.2, -0.15) is 0 Å². The molecule has 6 heteroatoms. The first-order valence-corrected chi connectivity index (χ1v) is 4.97. The molecule has 1 aromatic rings. The summed E-state index contributed by atoms with van der Waals surface area (Å²) in [5.41, 5.74) is 11.0. The van der Waals surface area contributed by atoms with E-state index in [2.05, 4.69) is 0 Å². The molecular formula is C11H14N2O4. The van der Waals surface area contributed by atoms with Gasteiger partial charge in [-0.3, -0.25) is 9.59 Å². The number of carbonyl (C=O) groups is 2. The number of nitrogens with two attached hydrogens (primary N) is 2. The van der Waals surface area contributed by atoms with Crippen molar-refractivity contribution in [2.75, 3.05) is 0 Å². The number of phenolic OH excluding ortho intramolecular Hbond substituents is 1. The lowest BCUT2D eigenvalue weighted by atomic mass is 10.2. The fourth-order valence-electron chi connectivity index (χ4n) is 1.15. The van der Waals surface area contributed by atoms with Crippen molar-refractivity contribution < 1.29 is 19.4 Å². The van der Waals surface area contributed by atoms with Gasteiger partial charge in [0.2, 0.25) is 5.91 Å². The van der Waals surface area contributed by atoms with Crippen LogP contribution >= 0.6 is 0 Å². The quantitative estimate of drug-likeness (QED) is 0.606.